The van der Waals surface area contributed by atoms with Crippen LogP contribution in [-0.2, 0) is 4.79 Å². The van der Waals surface area contributed by atoms with Gasteiger partial charge in [-0.15, -0.1) is 12.4 Å². The minimum absolute atomic E-state index is 0. The lowest BCUT2D eigenvalue weighted by Gasteiger charge is -2.16. The number of carbonyl (C=O) groups is 1. The Kier molecular flexibility index (Phi) is 11.0. The van der Waals surface area contributed by atoms with E-state index >= 15 is 0 Å². The Morgan fingerprint density at radius 1 is 1.00 bits per heavy atom. The quantitative estimate of drug-likeness (QED) is 0.636. The van der Waals surface area contributed by atoms with E-state index in [1.165, 1.54) is 14.2 Å². The molecule has 1 amide bonds. The van der Waals surface area contributed by atoms with E-state index in [1.54, 1.807) is 19.2 Å². The van der Waals surface area contributed by atoms with Crippen LogP contribution in [0.1, 0.15) is 32.1 Å². The van der Waals surface area contributed by atoms with E-state index in [9.17, 15) is 4.79 Å². The number of hydrogen-bond donors (Lipinski definition) is 2. The van der Waals surface area contributed by atoms with E-state index in [2.05, 4.69) is 5.32 Å². The smallest absolute Gasteiger partial charge is 0.224 e. The van der Waals surface area contributed by atoms with Gasteiger partial charge in [-0.1, -0.05) is 12.8 Å². The molecular weight excluding hydrogens is 320 g/mol. The normalized spacial score (nSPS) is 9.74. The van der Waals surface area contributed by atoms with Crippen molar-refractivity contribution in [2.45, 2.75) is 32.1 Å². The lowest BCUT2D eigenvalue weighted by molar-refractivity contribution is -0.116. The Bertz CT molecular complexity index is 483. The zero-order valence-corrected chi connectivity index (χ0v) is 14.8. The summed E-state index contributed by atoms with van der Waals surface area (Å²) in [5.41, 5.74) is 6.02. The average Bonchev–Trinajstić information content (AvgIpc) is 2.53. The number of rotatable bonds is 10. The molecule has 6 nitrogen and oxygen atoms in total. The fourth-order valence-corrected chi connectivity index (χ4v) is 2.20. The van der Waals surface area contributed by atoms with E-state index < -0.39 is 0 Å². The molecule has 0 radical (unpaired) electrons. The summed E-state index contributed by atoms with van der Waals surface area (Å²) < 4.78 is 15.8. The van der Waals surface area contributed by atoms with Gasteiger partial charge in [0, 0.05) is 6.42 Å². The van der Waals surface area contributed by atoms with E-state index in [1.807, 2.05) is 0 Å². The van der Waals surface area contributed by atoms with Crippen molar-refractivity contribution in [3.63, 3.8) is 0 Å². The van der Waals surface area contributed by atoms with Gasteiger partial charge in [-0.25, -0.2) is 0 Å². The van der Waals surface area contributed by atoms with Crippen molar-refractivity contribution >= 4 is 24.0 Å². The van der Waals surface area contributed by atoms with Crippen LogP contribution in [-0.4, -0.2) is 33.8 Å². The number of hydrogen-bond acceptors (Lipinski definition) is 5. The number of benzene rings is 1. The average molecular weight is 347 g/mol. The van der Waals surface area contributed by atoms with Crippen LogP contribution in [0.5, 0.6) is 17.2 Å². The van der Waals surface area contributed by atoms with Crippen molar-refractivity contribution in [3.05, 3.63) is 12.1 Å². The number of ether oxygens (including phenoxy) is 3. The molecule has 0 spiro atoms. The van der Waals surface area contributed by atoms with Gasteiger partial charge >= 0.3 is 0 Å². The summed E-state index contributed by atoms with van der Waals surface area (Å²) in [5, 5.41) is 2.85. The van der Waals surface area contributed by atoms with E-state index in [0.29, 0.717) is 35.9 Å². The first-order valence-electron chi connectivity index (χ1n) is 7.46. The lowest BCUT2D eigenvalue weighted by atomic mass is 10.1. The Morgan fingerprint density at radius 3 is 2.22 bits per heavy atom. The molecule has 0 saturated carbocycles. The molecule has 1 rings (SSSR count). The number of nitrogens with one attached hydrogen (secondary N) is 1. The minimum Gasteiger partial charge on any atom is -0.493 e. The molecule has 132 valence electrons. The number of halogens is 1. The van der Waals surface area contributed by atoms with Crippen LogP contribution in [0.4, 0.5) is 5.69 Å². The van der Waals surface area contributed by atoms with Crippen molar-refractivity contribution in [2.75, 3.05) is 33.2 Å². The van der Waals surface area contributed by atoms with E-state index in [4.69, 9.17) is 19.9 Å². The third-order valence-electron chi connectivity index (χ3n) is 3.34. The van der Waals surface area contributed by atoms with Gasteiger partial charge in [0.05, 0.1) is 27.0 Å². The summed E-state index contributed by atoms with van der Waals surface area (Å²) in [6.07, 6.45) is 4.39. The van der Waals surface area contributed by atoms with Crippen molar-refractivity contribution < 1.29 is 19.0 Å². The second-order valence-corrected chi connectivity index (χ2v) is 4.88. The maximum Gasteiger partial charge on any atom is 0.224 e. The number of nitrogens with two attached hydrogens (primary N) is 1. The standard InChI is InChI=1S/C16H26N2O4.ClH/c1-20-13-10-9-12(15(21-2)16(13)22-3)18-14(19)8-6-4-5-7-11-17;/h9-10H,4-8,11,17H2,1-3H3,(H,18,19);1H. The number of methoxy groups -OCH3 is 3. The largest absolute Gasteiger partial charge is 0.493 e. The maximum absolute atomic E-state index is 12.0. The van der Waals surface area contributed by atoms with E-state index in [-0.39, 0.29) is 18.3 Å². The summed E-state index contributed by atoms with van der Waals surface area (Å²) >= 11 is 0. The molecule has 0 atom stereocenters. The molecule has 3 N–H and O–H groups in total. The highest BCUT2D eigenvalue weighted by Crippen LogP contribution is 2.42. The third-order valence-corrected chi connectivity index (χ3v) is 3.34. The monoisotopic (exact) mass is 346 g/mol. The molecule has 0 unspecified atom stereocenters. The Morgan fingerprint density at radius 2 is 1.65 bits per heavy atom. The van der Waals surface area contributed by atoms with Gasteiger partial charge in [0.25, 0.3) is 0 Å². The summed E-state index contributed by atoms with van der Waals surface area (Å²) in [5.74, 6) is 1.43. The van der Waals surface area contributed by atoms with Gasteiger partial charge < -0.3 is 25.3 Å². The van der Waals surface area contributed by atoms with E-state index in [0.717, 1.165) is 25.7 Å². The molecule has 0 aliphatic carbocycles. The van der Waals surface area contributed by atoms with Gasteiger partial charge in [-0.3, -0.25) is 4.79 Å². The fourth-order valence-electron chi connectivity index (χ4n) is 2.20. The van der Waals surface area contributed by atoms with Crippen LogP contribution in [0.2, 0.25) is 0 Å². The van der Waals surface area contributed by atoms with Gasteiger partial charge in [-0.2, -0.15) is 0 Å². The van der Waals surface area contributed by atoms with Crippen LogP contribution >= 0.6 is 12.4 Å². The zero-order chi connectivity index (χ0) is 16.4. The Labute approximate surface area is 144 Å². The third kappa shape index (κ3) is 6.54. The molecule has 1 aromatic carbocycles. The molecule has 0 aromatic heterocycles. The molecular formula is C16H27ClN2O4. The van der Waals surface area contributed by atoms with Crippen LogP contribution in [0.3, 0.4) is 0 Å². The highest BCUT2D eigenvalue weighted by atomic mass is 35.5. The van der Waals surface area contributed by atoms with Crippen LogP contribution in [0.15, 0.2) is 12.1 Å². The summed E-state index contributed by atoms with van der Waals surface area (Å²) in [7, 11) is 4.61. The summed E-state index contributed by atoms with van der Waals surface area (Å²) in [6.45, 7) is 0.703. The Balaban J connectivity index is 0.00000484. The maximum atomic E-state index is 12.0. The molecule has 0 heterocycles. The van der Waals surface area contributed by atoms with Crippen LogP contribution in [0.25, 0.3) is 0 Å². The number of unbranched alkanes of at least 4 members (excludes halogenated alkanes) is 3. The zero-order valence-electron chi connectivity index (χ0n) is 14.0. The molecule has 0 aliphatic heterocycles. The van der Waals surface area contributed by atoms with Gasteiger partial charge in [0.2, 0.25) is 11.7 Å². The van der Waals surface area contributed by atoms with Gasteiger partial charge in [-0.05, 0) is 31.5 Å². The van der Waals surface area contributed by atoms with Gasteiger partial charge in [0.1, 0.15) is 0 Å². The highest BCUT2D eigenvalue weighted by molar-refractivity contribution is 5.93. The topological polar surface area (TPSA) is 82.8 Å². The lowest BCUT2D eigenvalue weighted by Crippen LogP contribution is -2.12. The molecule has 23 heavy (non-hydrogen) atoms. The van der Waals surface area contributed by atoms with Gasteiger partial charge in [0.15, 0.2) is 11.5 Å². The second-order valence-electron chi connectivity index (χ2n) is 4.88. The molecule has 0 bridgehead atoms. The van der Waals surface area contributed by atoms with Crippen molar-refractivity contribution in [1.82, 2.24) is 0 Å². The molecule has 0 fully saturated rings. The fraction of sp³-hybridized carbons (Fsp3) is 0.562. The SMILES string of the molecule is COc1ccc(NC(=O)CCCCCCN)c(OC)c1OC.Cl. The molecule has 0 aliphatic rings. The first kappa shape index (κ1) is 21.3. The molecule has 0 saturated heterocycles. The summed E-state index contributed by atoms with van der Waals surface area (Å²) in [4.78, 5) is 12.0. The first-order chi connectivity index (χ1) is 10.7. The number of amides is 1. The Hall–Kier alpha value is -1.66. The van der Waals surface area contributed by atoms with Crippen LogP contribution in [0, 0.1) is 0 Å². The predicted molar refractivity (Wildman–Crippen MR) is 94.1 cm³/mol. The summed E-state index contributed by atoms with van der Waals surface area (Å²) in [6, 6.07) is 3.48. The molecule has 7 heteroatoms. The number of carbonyl (C=O) groups excluding carboxylic acids is 1. The first-order valence-corrected chi connectivity index (χ1v) is 7.46. The van der Waals surface area contributed by atoms with Crippen molar-refractivity contribution in [2.24, 2.45) is 5.73 Å². The van der Waals surface area contributed by atoms with Crippen molar-refractivity contribution in [3.8, 4) is 17.2 Å². The second kappa shape index (κ2) is 11.8. The number of anilines is 1. The highest BCUT2D eigenvalue weighted by Gasteiger charge is 2.17. The van der Waals surface area contributed by atoms with Crippen molar-refractivity contribution in [1.29, 1.82) is 0 Å². The molecule has 1 aromatic rings. The minimum atomic E-state index is -0.0433. The van der Waals surface area contributed by atoms with Crippen LogP contribution < -0.4 is 25.3 Å². The predicted octanol–water partition coefficient (Wildman–Crippen LogP) is 2.98.